The molecule has 184 valence electrons. The third-order valence-corrected chi connectivity index (χ3v) is 12.2. The molecular formula is C25H40O6Si2. The van der Waals surface area contributed by atoms with Gasteiger partial charge in [-0.15, -0.1) is 0 Å². The highest BCUT2D eigenvalue weighted by atomic mass is 28.3. The maximum atomic E-state index is 13.5. The Morgan fingerprint density at radius 3 is 1.97 bits per heavy atom. The van der Waals surface area contributed by atoms with Crippen LogP contribution in [0.5, 0.6) is 0 Å². The van der Waals surface area contributed by atoms with Crippen LogP contribution < -0.4 is 0 Å². The fourth-order valence-corrected chi connectivity index (χ4v) is 8.23. The zero-order valence-electron chi connectivity index (χ0n) is 21.6. The molecule has 1 aromatic rings. The van der Waals surface area contributed by atoms with E-state index in [1.807, 2.05) is 30.3 Å². The van der Waals surface area contributed by atoms with Crippen LogP contribution in [0.3, 0.4) is 0 Å². The predicted molar refractivity (Wildman–Crippen MR) is 137 cm³/mol. The van der Waals surface area contributed by atoms with E-state index < -0.39 is 38.7 Å². The van der Waals surface area contributed by atoms with Crippen LogP contribution in [0.15, 0.2) is 35.9 Å². The van der Waals surface area contributed by atoms with Crippen molar-refractivity contribution in [2.75, 3.05) is 20.8 Å². The number of methoxy groups -OCH3 is 2. The Labute approximate surface area is 200 Å². The minimum Gasteiger partial charge on any atom is -0.469 e. The summed E-state index contributed by atoms with van der Waals surface area (Å²) < 4.78 is 15.9. The van der Waals surface area contributed by atoms with Gasteiger partial charge in [0.15, 0.2) is 0 Å². The van der Waals surface area contributed by atoms with Crippen molar-refractivity contribution in [1.29, 1.82) is 0 Å². The van der Waals surface area contributed by atoms with E-state index in [0.717, 1.165) is 5.56 Å². The summed E-state index contributed by atoms with van der Waals surface area (Å²) in [6.45, 7) is 14.6. The summed E-state index contributed by atoms with van der Waals surface area (Å²) in [4.78, 5) is 39.4. The molecule has 0 amide bonds. The number of carbonyl (C=O) groups is 3. The van der Waals surface area contributed by atoms with Crippen molar-refractivity contribution >= 4 is 40.1 Å². The standard InChI is InChI=1S/C25H40O6Si2/c1-10-31-23(27)21(32(4,5)6)18-25(24(28)30-3,33(7,8)9)17-20(22(26)29-2)16-19-14-12-11-13-15-19/h11-16,21H,10,17-18H2,1-9H3/b20-16-. The first-order chi connectivity index (χ1) is 15.2. The number of carbonyl (C=O) groups excluding carboxylic acids is 3. The zero-order valence-corrected chi connectivity index (χ0v) is 23.6. The second-order valence-corrected chi connectivity index (χ2v) is 21.3. The number of ether oxygens (including phenoxy) is 3. The third-order valence-electron chi connectivity index (χ3n) is 6.26. The van der Waals surface area contributed by atoms with Crippen molar-refractivity contribution < 1.29 is 28.6 Å². The molecule has 0 bridgehead atoms. The molecular weight excluding hydrogens is 452 g/mol. The summed E-state index contributed by atoms with van der Waals surface area (Å²) in [7, 11) is -1.77. The summed E-state index contributed by atoms with van der Waals surface area (Å²) in [6.07, 6.45) is 2.18. The Balaban J connectivity index is 3.73. The Morgan fingerprint density at radius 1 is 0.970 bits per heavy atom. The molecule has 0 spiro atoms. The first-order valence-electron chi connectivity index (χ1n) is 11.3. The lowest BCUT2D eigenvalue weighted by molar-refractivity contribution is -0.146. The van der Waals surface area contributed by atoms with Crippen molar-refractivity contribution in [1.82, 2.24) is 0 Å². The van der Waals surface area contributed by atoms with Crippen LogP contribution in [0.25, 0.3) is 6.08 Å². The molecule has 0 aromatic heterocycles. The van der Waals surface area contributed by atoms with Gasteiger partial charge in [0.2, 0.25) is 0 Å². The SMILES string of the molecule is CCOC(=O)C(CC(C/C(=C/c1ccccc1)C(=O)OC)(C(=O)OC)[Si](C)(C)C)[Si](C)(C)C. The molecule has 0 fully saturated rings. The van der Waals surface area contributed by atoms with Gasteiger partial charge in [-0.05, 0) is 31.4 Å². The van der Waals surface area contributed by atoms with E-state index in [4.69, 9.17) is 14.2 Å². The first-order valence-corrected chi connectivity index (χ1v) is 18.4. The Hall–Kier alpha value is -2.20. The van der Waals surface area contributed by atoms with Crippen LogP contribution in [0.1, 0.15) is 25.3 Å². The lowest BCUT2D eigenvalue weighted by Gasteiger charge is -2.44. The molecule has 0 radical (unpaired) electrons. The molecule has 0 aliphatic heterocycles. The van der Waals surface area contributed by atoms with Crippen LogP contribution in [-0.4, -0.2) is 54.9 Å². The molecule has 2 unspecified atom stereocenters. The van der Waals surface area contributed by atoms with Crippen molar-refractivity contribution in [3.05, 3.63) is 41.5 Å². The molecule has 8 heteroatoms. The fourth-order valence-electron chi connectivity index (χ4n) is 4.02. The number of hydrogen-bond acceptors (Lipinski definition) is 6. The zero-order chi connectivity index (χ0) is 25.4. The summed E-state index contributed by atoms with van der Waals surface area (Å²) in [5.41, 5.74) is 0.799. The molecule has 1 aromatic carbocycles. The largest absolute Gasteiger partial charge is 0.469 e. The average Bonchev–Trinajstić information content (AvgIpc) is 2.73. The van der Waals surface area contributed by atoms with E-state index >= 15 is 0 Å². The van der Waals surface area contributed by atoms with E-state index in [2.05, 4.69) is 39.3 Å². The second-order valence-electron chi connectivity index (χ2n) is 10.4. The van der Waals surface area contributed by atoms with Crippen molar-refractivity contribution in [3.8, 4) is 0 Å². The molecule has 0 aliphatic carbocycles. The molecule has 6 nitrogen and oxygen atoms in total. The van der Waals surface area contributed by atoms with Gasteiger partial charge in [0.1, 0.15) is 0 Å². The van der Waals surface area contributed by atoms with Gasteiger partial charge >= 0.3 is 17.9 Å². The van der Waals surface area contributed by atoms with E-state index in [-0.39, 0.29) is 25.4 Å². The molecule has 0 aliphatic rings. The average molecular weight is 493 g/mol. The first kappa shape index (κ1) is 28.8. The highest BCUT2D eigenvalue weighted by molar-refractivity contribution is 6.83. The van der Waals surface area contributed by atoms with E-state index in [1.54, 1.807) is 13.0 Å². The monoisotopic (exact) mass is 492 g/mol. The number of benzene rings is 1. The second kappa shape index (κ2) is 11.8. The van der Waals surface area contributed by atoms with Crippen LogP contribution in [0, 0.1) is 0 Å². The smallest absolute Gasteiger partial charge is 0.333 e. The Morgan fingerprint density at radius 2 is 1.55 bits per heavy atom. The third kappa shape index (κ3) is 7.40. The normalized spacial score (nSPS) is 15.2. The molecule has 1 rings (SSSR count). The van der Waals surface area contributed by atoms with E-state index in [9.17, 15) is 14.4 Å². The van der Waals surface area contributed by atoms with E-state index in [1.165, 1.54) is 14.2 Å². The summed E-state index contributed by atoms with van der Waals surface area (Å²) in [5, 5.41) is -1.02. The van der Waals surface area contributed by atoms with Crippen LogP contribution in [-0.2, 0) is 28.6 Å². The Bertz CT molecular complexity index is 852. The van der Waals surface area contributed by atoms with Gasteiger partial charge in [0.05, 0.1) is 47.6 Å². The maximum absolute atomic E-state index is 13.5. The molecule has 33 heavy (non-hydrogen) atoms. The maximum Gasteiger partial charge on any atom is 0.333 e. The van der Waals surface area contributed by atoms with Crippen molar-refractivity contribution in [3.63, 3.8) is 0 Å². The highest BCUT2D eigenvalue weighted by Crippen LogP contribution is 2.53. The van der Waals surface area contributed by atoms with Gasteiger partial charge in [-0.2, -0.15) is 0 Å². The number of rotatable bonds is 11. The molecule has 0 saturated heterocycles. The number of esters is 3. The minimum atomic E-state index is -2.38. The van der Waals surface area contributed by atoms with Crippen LogP contribution >= 0.6 is 0 Å². The van der Waals surface area contributed by atoms with Crippen molar-refractivity contribution in [2.45, 2.75) is 69.6 Å². The minimum absolute atomic E-state index is 0.136. The van der Waals surface area contributed by atoms with Gasteiger partial charge in [-0.1, -0.05) is 69.6 Å². The Kier molecular flexibility index (Phi) is 10.3. The molecule has 0 heterocycles. The summed E-state index contributed by atoms with van der Waals surface area (Å²) >= 11 is 0. The fraction of sp³-hybridized carbons (Fsp3) is 0.560. The summed E-state index contributed by atoms with van der Waals surface area (Å²) in [6, 6.07) is 9.44. The predicted octanol–water partition coefficient (Wildman–Crippen LogP) is 5.55. The summed E-state index contributed by atoms with van der Waals surface area (Å²) in [5.74, 6) is -1.17. The van der Waals surface area contributed by atoms with Crippen LogP contribution in [0.4, 0.5) is 0 Å². The van der Waals surface area contributed by atoms with Gasteiger partial charge in [-0.25, -0.2) is 4.79 Å². The molecule has 0 saturated carbocycles. The molecule has 0 N–H and O–H groups in total. The lowest BCUT2D eigenvalue weighted by Crippen LogP contribution is -2.50. The van der Waals surface area contributed by atoms with Crippen molar-refractivity contribution in [2.24, 2.45) is 0 Å². The number of hydrogen-bond donors (Lipinski definition) is 0. The van der Waals surface area contributed by atoms with Gasteiger partial charge < -0.3 is 14.2 Å². The van der Waals surface area contributed by atoms with Gasteiger partial charge in [0, 0.05) is 5.57 Å². The molecule has 2 atom stereocenters. The van der Waals surface area contributed by atoms with E-state index in [0.29, 0.717) is 5.57 Å². The van der Waals surface area contributed by atoms with Gasteiger partial charge in [0.25, 0.3) is 0 Å². The lowest BCUT2D eigenvalue weighted by atomic mass is 9.91. The highest BCUT2D eigenvalue weighted by Gasteiger charge is 2.55. The topological polar surface area (TPSA) is 78.9 Å². The van der Waals surface area contributed by atoms with Crippen LogP contribution in [0.2, 0.25) is 49.9 Å². The quantitative estimate of drug-likeness (QED) is 0.174. The van der Waals surface area contributed by atoms with Gasteiger partial charge in [-0.3, -0.25) is 9.59 Å².